The number of carboxylic acid groups (broad SMARTS) is 1. The maximum atomic E-state index is 13.3. The van der Waals surface area contributed by atoms with Crippen LogP contribution in [0.3, 0.4) is 0 Å². The molecule has 5 rings (SSSR count). The highest BCUT2D eigenvalue weighted by atomic mass is 19.4. The van der Waals surface area contributed by atoms with Gasteiger partial charge in [0, 0.05) is 31.3 Å². The lowest BCUT2D eigenvalue weighted by atomic mass is 9.97. The fourth-order valence-corrected chi connectivity index (χ4v) is 4.44. The van der Waals surface area contributed by atoms with Crippen molar-refractivity contribution in [3.8, 4) is 22.6 Å². The summed E-state index contributed by atoms with van der Waals surface area (Å²) >= 11 is 0. The van der Waals surface area contributed by atoms with E-state index in [1.165, 1.54) is 6.07 Å². The van der Waals surface area contributed by atoms with Crippen LogP contribution in [0.15, 0.2) is 72.3 Å². The van der Waals surface area contributed by atoms with Crippen molar-refractivity contribution >= 4 is 12.0 Å². The largest absolute Gasteiger partial charge is 0.489 e. The predicted molar refractivity (Wildman–Crippen MR) is 129 cm³/mol. The van der Waals surface area contributed by atoms with Gasteiger partial charge < -0.3 is 14.6 Å². The molecule has 0 spiro atoms. The highest BCUT2D eigenvalue weighted by Crippen LogP contribution is 2.35. The molecule has 1 fully saturated rings. The molecular weight excluding hydrogens is 471 g/mol. The van der Waals surface area contributed by atoms with E-state index in [4.69, 9.17) is 14.6 Å². The van der Waals surface area contributed by atoms with Crippen LogP contribution < -0.4 is 9.47 Å². The number of rotatable bonds is 7. The molecule has 3 aromatic rings. The number of hydrogen-bond acceptors (Lipinski definition) is 4. The maximum absolute atomic E-state index is 13.3. The van der Waals surface area contributed by atoms with Crippen LogP contribution in [-0.2, 0) is 17.6 Å². The number of carboxylic acids is 1. The van der Waals surface area contributed by atoms with Crippen LogP contribution in [-0.4, -0.2) is 42.2 Å². The highest BCUT2D eigenvalue weighted by Gasteiger charge is 2.33. The van der Waals surface area contributed by atoms with Gasteiger partial charge in [-0.05, 0) is 52.6 Å². The van der Waals surface area contributed by atoms with E-state index in [0.717, 1.165) is 23.3 Å². The Morgan fingerprint density at radius 3 is 2.56 bits per heavy atom. The van der Waals surface area contributed by atoms with E-state index in [0.29, 0.717) is 54.4 Å². The summed E-state index contributed by atoms with van der Waals surface area (Å²) in [5.74, 6) is 0.162. The summed E-state index contributed by atoms with van der Waals surface area (Å²) in [7, 11) is 0. The summed E-state index contributed by atoms with van der Waals surface area (Å²) in [6, 6.07) is 18.1. The fourth-order valence-electron chi connectivity index (χ4n) is 4.44. The Bertz CT molecular complexity index is 1300. The zero-order chi connectivity index (χ0) is 25.3. The van der Waals surface area contributed by atoms with Gasteiger partial charge in [-0.25, -0.2) is 0 Å². The molecule has 0 aliphatic carbocycles. The molecule has 0 radical (unpaired) electrons. The molecule has 1 saturated heterocycles. The molecule has 5 nitrogen and oxygen atoms in total. The monoisotopic (exact) mass is 495 g/mol. The molecule has 3 aromatic carbocycles. The van der Waals surface area contributed by atoms with Crippen LogP contribution in [0.25, 0.3) is 17.2 Å². The zero-order valence-electron chi connectivity index (χ0n) is 19.3. The number of ether oxygens (including phenoxy) is 2. The first-order valence-corrected chi connectivity index (χ1v) is 11.6. The van der Waals surface area contributed by atoms with Crippen molar-refractivity contribution in [2.24, 2.45) is 5.92 Å². The number of nitrogens with zero attached hydrogens (tertiary/aromatic N) is 1. The lowest BCUT2D eigenvalue weighted by Gasteiger charge is -2.37. The van der Waals surface area contributed by atoms with E-state index >= 15 is 0 Å². The average Bonchev–Trinajstić information content (AvgIpc) is 2.84. The minimum Gasteiger partial charge on any atom is -0.489 e. The number of carbonyl (C=O) groups is 1. The van der Waals surface area contributed by atoms with Crippen molar-refractivity contribution in [2.45, 2.75) is 12.8 Å². The smallest absolute Gasteiger partial charge is 0.416 e. The number of alkyl halides is 3. The van der Waals surface area contributed by atoms with E-state index in [1.54, 1.807) is 36.4 Å². The molecule has 0 unspecified atom stereocenters. The Labute approximate surface area is 206 Å². The summed E-state index contributed by atoms with van der Waals surface area (Å²) in [5.41, 5.74) is 3.07. The van der Waals surface area contributed by atoms with Gasteiger partial charge in [0.15, 0.2) is 0 Å². The minimum atomic E-state index is -4.43. The average molecular weight is 495 g/mol. The van der Waals surface area contributed by atoms with Gasteiger partial charge in [0.25, 0.3) is 0 Å². The number of benzene rings is 3. The van der Waals surface area contributed by atoms with E-state index in [9.17, 15) is 18.0 Å². The molecule has 8 heteroatoms. The highest BCUT2D eigenvalue weighted by molar-refractivity contribution is 5.72. The second-order valence-electron chi connectivity index (χ2n) is 9.04. The normalized spacial score (nSPS) is 15.9. The van der Waals surface area contributed by atoms with Gasteiger partial charge in [0.05, 0.1) is 11.5 Å². The van der Waals surface area contributed by atoms with Crippen molar-refractivity contribution in [1.82, 2.24) is 4.90 Å². The molecule has 0 bridgehead atoms. The Balaban J connectivity index is 1.29. The molecule has 0 aromatic heterocycles. The Kier molecular flexibility index (Phi) is 6.45. The van der Waals surface area contributed by atoms with Crippen molar-refractivity contribution in [3.63, 3.8) is 0 Å². The Morgan fingerprint density at radius 2 is 1.83 bits per heavy atom. The van der Waals surface area contributed by atoms with E-state index in [-0.39, 0.29) is 12.5 Å². The van der Waals surface area contributed by atoms with Gasteiger partial charge in [0.1, 0.15) is 24.7 Å². The quantitative estimate of drug-likeness (QED) is 0.453. The minimum absolute atomic E-state index is 0.0992. The standard InChI is InChI=1S/C28H24F3NO4/c29-28(30,31)23-8-6-21(25(11-23)19-4-2-1-3-5-19)17-35-24-9-7-20-10-18(16-36-26(20)12-24)13-32-14-22(15-32)27(33)34/h1-12,22H,13-17H2,(H,33,34). The van der Waals surface area contributed by atoms with Gasteiger partial charge in [-0.1, -0.05) is 36.4 Å². The van der Waals surface area contributed by atoms with Crippen molar-refractivity contribution in [1.29, 1.82) is 0 Å². The molecule has 2 heterocycles. The van der Waals surface area contributed by atoms with Crippen LogP contribution in [0.1, 0.15) is 16.7 Å². The Morgan fingerprint density at radius 1 is 1.06 bits per heavy atom. The first-order chi connectivity index (χ1) is 17.3. The molecule has 2 aliphatic rings. The molecule has 0 amide bonds. The van der Waals surface area contributed by atoms with Crippen LogP contribution >= 0.6 is 0 Å². The SMILES string of the molecule is O=C(O)C1CN(CC2=Cc3ccc(OCc4ccc(C(F)(F)F)cc4-c4ccccc4)cc3OC2)C1. The number of fused-ring (bicyclic) bond motifs is 1. The molecular formula is C28H24F3NO4. The topological polar surface area (TPSA) is 59.0 Å². The molecule has 1 N–H and O–H groups in total. The van der Waals surface area contributed by atoms with Gasteiger partial charge in [-0.15, -0.1) is 0 Å². The number of halogens is 3. The lowest BCUT2D eigenvalue weighted by Crippen LogP contribution is -2.51. The van der Waals surface area contributed by atoms with Gasteiger partial charge in [-0.3, -0.25) is 9.69 Å². The van der Waals surface area contributed by atoms with Crippen LogP contribution in [0, 0.1) is 5.92 Å². The summed E-state index contributed by atoms with van der Waals surface area (Å²) in [5, 5.41) is 9.02. The van der Waals surface area contributed by atoms with Crippen molar-refractivity contribution in [2.75, 3.05) is 26.2 Å². The molecule has 2 aliphatic heterocycles. The number of likely N-dealkylation sites (tertiary alicyclic amines) is 1. The molecule has 36 heavy (non-hydrogen) atoms. The van der Waals surface area contributed by atoms with Crippen LogP contribution in [0.2, 0.25) is 0 Å². The summed E-state index contributed by atoms with van der Waals surface area (Å²) in [6.07, 6.45) is -2.39. The van der Waals surface area contributed by atoms with E-state index in [1.807, 2.05) is 18.2 Å². The number of aliphatic carboxylic acids is 1. The fraction of sp³-hybridized carbons (Fsp3) is 0.250. The summed E-state index contributed by atoms with van der Waals surface area (Å²) in [4.78, 5) is 13.1. The molecule has 0 saturated carbocycles. The third kappa shape index (κ3) is 5.23. The third-order valence-electron chi connectivity index (χ3n) is 6.41. The second kappa shape index (κ2) is 9.70. The molecule has 0 atom stereocenters. The first kappa shape index (κ1) is 23.9. The summed E-state index contributed by atoms with van der Waals surface area (Å²) < 4.78 is 51.8. The van der Waals surface area contributed by atoms with Gasteiger partial charge in [-0.2, -0.15) is 13.2 Å². The summed E-state index contributed by atoms with van der Waals surface area (Å²) in [6.45, 7) is 2.25. The van der Waals surface area contributed by atoms with Crippen molar-refractivity contribution < 1.29 is 32.5 Å². The van der Waals surface area contributed by atoms with E-state index < -0.39 is 17.7 Å². The Hall–Kier alpha value is -3.78. The third-order valence-corrected chi connectivity index (χ3v) is 6.41. The predicted octanol–water partition coefficient (Wildman–Crippen LogP) is 5.74. The lowest BCUT2D eigenvalue weighted by molar-refractivity contribution is -0.147. The van der Waals surface area contributed by atoms with Gasteiger partial charge >= 0.3 is 12.1 Å². The number of hydrogen-bond donors (Lipinski definition) is 1. The second-order valence-corrected chi connectivity index (χ2v) is 9.04. The van der Waals surface area contributed by atoms with Crippen molar-refractivity contribution in [3.05, 3.63) is 89.0 Å². The van der Waals surface area contributed by atoms with Crippen LogP contribution in [0.5, 0.6) is 11.5 Å². The van der Waals surface area contributed by atoms with Crippen LogP contribution in [0.4, 0.5) is 13.2 Å². The van der Waals surface area contributed by atoms with Gasteiger partial charge in [0.2, 0.25) is 0 Å². The first-order valence-electron chi connectivity index (χ1n) is 11.6. The van der Waals surface area contributed by atoms with E-state index in [2.05, 4.69) is 4.90 Å². The maximum Gasteiger partial charge on any atom is 0.416 e. The molecule has 186 valence electrons. The zero-order valence-corrected chi connectivity index (χ0v) is 19.3.